The lowest BCUT2D eigenvalue weighted by atomic mass is 10.0. The molecular weight excluding hydrogens is 512 g/mol. The van der Waals surface area contributed by atoms with E-state index in [-0.39, 0.29) is 6.61 Å². The van der Waals surface area contributed by atoms with Crippen LogP contribution in [0.25, 0.3) is 0 Å². The molecule has 39 heavy (non-hydrogen) atoms. The van der Waals surface area contributed by atoms with E-state index in [1.807, 2.05) is 0 Å². The highest BCUT2D eigenvalue weighted by Crippen LogP contribution is 2.15. The van der Waals surface area contributed by atoms with Crippen LogP contribution >= 0.6 is 0 Å². The topological polar surface area (TPSA) is 156 Å². The minimum absolute atomic E-state index is 0.192. The van der Waals surface area contributed by atoms with Crippen LogP contribution in [-0.2, 0) is 44.7 Å². The zero-order valence-electron chi connectivity index (χ0n) is 24.0. The Labute approximate surface area is 229 Å². The first-order valence-electron chi connectivity index (χ1n) is 12.4. The second-order valence-corrected chi connectivity index (χ2v) is 11.0. The van der Waals surface area contributed by atoms with Crippen molar-refractivity contribution in [2.45, 2.75) is 91.4 Å². The van der Waals surface area contributed by atoms with Gasteiger partial charge in [0.05, 0.1) is 7.11 Å². The molecule has 0 aliphatic carbocycles. The molecule has 0 saturated heterocycles. The van der Waals surface area contributed by atoms with Crippen molar-refractivity contribution < 1.29 is 47.7 Å². The van der Waals surface area contributed by atoms with Crippen LogP contribution in [0.2, 0.25) is 0 Å². The summed E-state index contributed by atoms with van der Waals surface area (Å²) in [5.74, 6) is -3.82. The van der Waals surface area contributed by atoms with Crippen LogP contribution in [-0.4, -0.2) is 66.6 Å². The highest BCUT2D eigenvalue weighted by molar-refractivity contribution is 5.92. The summed E-state index contributed by atoms with van der Waals surface area (Å²) in [6.07, 6.45) is -3.93. The monoisotopic (exact) mass is 552 g/mol. The maximum absolute atomic E-state index is 13.1. The molecule has 2 amide bonds. The normalized spacial score (nSPS) is 13.8. The molecule has 2 N–H and O–H groups in total. The molecule has 0 fully saturated rings. The second-order valence-electron chi connectivity index (χ2n) is 11.0. The van der Waals surface area contributed by atoms with Gasteiger partial charge in [-0.05, 0) is 53.0 Å². The average Bonchev–Trinajstić information content (AvgIpc) is 2.80. The summed E-state index contributed by atoms with van der Waals surface area (Å²) < 4.78 is 25.8. The quantitative estimate of drug-likeness (QED) is 0.326. The molecule has 0 radical (unpaired) electrons. The van der Waals surface area contributed by atoms with Gasteiger partial charge in [0.1, 0.15) is 23.9 Å². The molecule has 1 aromatic rings. The Morgan fingerprint density at radius 1 is 0.744 bits per heavy atom. The number of ether oxygens (including phenoxy) is 5. The lowest BCUT2D eigenvalue weighted by molar-refractivity contribution is -0.175. The van der Waals surface area contributed by atoms with E-state index in [4.69, 9.17) is 23.7 Å². The van der Waals surface area contributed by atoms with Crippen LogP contribution < -0.4 is 10.6 Å². The van der Waals surface area contributed by atoms with Crippen molar-refractivity contribution in [3.63, 3.8) is 0 Å². The Hall–Kier alpha value is -3.83. The zero-order chi connectivity index (χ0) is 30.0. The number of rotatable bonds is 10. The minimum atomic E-state index is -1.97. The van der Waals surface area contributed by atoms with E-state index < -0.39 is 65.4 Å². The number of alkyl carbamates (subject to hydrolysis) is 2. The summed E-state index contributed by atoms with van der Waals surface area (Å²) in [5, 5.41) is 4.65. The van der Waals surface area contributed by atoms with Crippen molar-refractivity contribution in [1.82, 2.24) is 10.6 Å². The number of carbonyl (C=O) groups is 5. The molecule has 1 aromatic carbocycles. The number of benzene rings is 1. The molecule has 0 saturated carbocycles. The molecule has 0 heterocycles. The predicted octanol–water partition coefficient (Wildman–Crippen LogP) is 3.26. The lowest BCUT2D eigenvalue weighted by Crippen LogP contribution is -2.57. The Bertz CT molecular complexity index is 996. The third-order valence-electron chi connectivity index (χ3n) is 4.72. The van der Waals surface area contributed by atoms with Crippen LogP contribution in [0.5, 0.6) is 0 Å². The highest BCUT2D eigenvalue weighted by atomic mass is 16.6. The van der Waals surface area contributed by atoms with E-state index in [2.05, 4.69) is 10.6 Å². The Morgan fingerprint density at radius 2 is 1.23 bits per heavy atom. The third-order valence-corrected chi connectivity index (χ3v) is 4.72. The van der Waals surface area contributed by atoms with Crippen LogP contribution in [0.15, 0.2) is 30.3 Å². The van der Waals surface area contributed by atoms with Gasteiger partial charge in [-0.1, -0.05) is 44.2 Å². The standard InChI is InChI=1S/C27H40N2O10/c1-16(2)18(28-24(33)38-26(3,4)5)22(31)37-20(23(32)35-9)19(29-25(34)39-27(6,7)8)21(30)36-15-17-13-11-10-12-14-17/h10-14,16,18-20H,15H2,1-9H3,(H,28,33)(H,29,34)/t18-,19-,20-/m0/s1. The molecule has 0 aromatic heterocycles. The Balaban J connectivity index is 3.26. The summed E-state index contributed by atoms with van der Waals surface area (Å²) in [7, 11) is 1.02. The van der Waals surface area contributed by atoms with Crippen molar-refractivity contribution in [2.24, 2.45) is 5.92 Å². The molecule has 0 bridgehead atoms. The molecule has 3 atom stereocenters. The van der Waals surface area contributed by atoms with Gasteiger partial charge in [-0.15, -0.1) is 0 Å². The first-order valence-corrected chi connectivity index (χ1v) is 12.4. The van der Waals surface area contributed by atoms with Gasteiger partial charge in [-0.3, -0.25) is 0 Å². The number of esters is 3. The molecule has 0 spiro atoms. The number of amides is 2. The third kappa shape index (κ3) is 12.5. The molecule has 0 aliphatic heterocycles. The summed E-state index contributed by atoms with van der Waals surface area (Å²) in [4.78, 5) is 63.9. The molecule has 1 rings (SSSR count). The van der Waals surface area contributed by atoms with E-state index >= 15 is 0 Å². The molecule has 218 valence electrons. The van der Waals surface area contributed by atoms with Crippen molar-refractivity contribution in [3.05, 3.63) is 35.9 Å². The van der Waals surface area contributed by atoms with Gasteiger partial charge in [0.25, 0.3) is 0 Å². The number of hydrogen-bond acceptors (Lipinski definition) is 10. The fourth-order valence-electron chi connectivity index (χ4n) is 3.01. The van der Waals surface area contributed by atoms with Gasteiger partial charge in [-0.2, -0.15) is 0 Å². The molecule has 12 heteroatoms. The van der Waals surface area contributed by atoms with Crippen LogP contribution in [0.4, 0.5) is 9.59 Å². The summed E-state index contributed by atoms with van der Waals surface area (Å²) in [6.45, 7) is 12.8. The van der Waals surface area contributed by atoms with Gasteiger partial charge in [0.15, 0.2) is 6.04 Å². The SMILES string of the molecule is COC(=O)[C@@H](OC(=O)[C@@H](NC(=O)OC(C)(C)C)C(C)C)[C@H](NC(=O)OC(C)(C)C)C(=O)OCc1ccccc1. The Morgan fingerprint density at radius 3 is 1.67 bits per heavy atom. The van der Waals surface area contributed by atoms with Crippen LogP contribution in [0.3, 0.4) is 0 Å². The zero-order valence-corrected chi connectivity index (χ0v) is 24.0. The van der Waals surface area contributed by atoms with Gasteiger partial charge >= 0.3 is 30.1 Å². The first kappa shape index (κ1) is 33.2. The smallest absolute Gasteiger partial charge is 0.408 e. The average molecular weight is 553 g/mol. The van der Waals surface area contributed by atoms with Crippen molar-refractivity contribution >= 4 is 30.1 Å². The maximum Gasteiger partial charge on any atom is 0.408 e. The van der Waals surface area contributed by atoms with Crippen LogP contribution in [0, 0.1) is 5.92 Å². The van der Waals surface area contributed by atoms with E-state index in [0.717, 1.165) is 7.11 Å². The minimum Gasteiger partial charge on any atom is -0.466 e. The number of hydrogen-bond donors (Lipinski definition) is 2. The van der Waals surface area contributed by atoms with Crippen LogP contribution in [0.1, 0.15) is 61.0 Å². The fraction of sp³-hybridized carbons (Fsp3) is 0.593. The molecule has 12 nitrogen and oxygen atoms in total. The fourth-order valence-corrected chi connectivity index (χ4v) is 3.01. The van der Waals surface area contributed by atoms with Crippen molar-refractivity contribution in [1.29, 1.82) is 0 Å². The predicted molar refractivity (Wildman–Crippen MR) is 139 cm³/mol. The van der Waals surface area contributed by atoms with E-state index in [1.165, 1.54) is 0 Å². The largest absolute Gasteiger partial charge is 0.466 e. The maximum atomic E-state index is 13.1. The van der Waals surface area contributed by atoms with Gasteiger partial charge in [0.2, 0.25) is 6.10 Å². The van der Waals surface area contributed by atoms with E-state index in [1.54, 1.807) is 85.7 Å². The Kier molecular flexibility index (Phi) is 12.2. The van der Waals surface area contributed by atoms with Gasteiger partial charge < -0.3 is 34.3 Å². The summed E-state index contributed by atoms with van der Waals surface area (Å²) in [6, 6.07) is 5.56. The van der Waals surface area contributed by atoms with E-state index in [9.17, 15) is 24.0 Å². The molecule has 0 unspecified atom stereocenters. The molecular formula is C27H40N2O10. The number of methoxy groups -OCH3 is 1. The second kappa shape index (κ2) is 14.4. The first-order chi connectivity index (χ1) is 17.9. The summed E-state index contributed by atoms with van der Waals surface area (Å²) in [5.41, 5.74) is -1.15. The number of nitrogens with one attached hydrogen (secondary N) is 2. The van der Waals surface area contributed by atoms with Gasteiger partial charge in [0, 0.05) is 0 Å². The van der Waals surface area contributed by atoms with Gasteiger partial charge in [-0.25, -0.2) is 24.0 Å². The number of carbonyl (C=O) groups excluding carboxylic acids is 5. The highest BCUT2D eigenvalue weighted by Gasteiger charge is 2.43. The van der Waals surface area contributed by atoms with Crippen molar-refractivity contribution in [3.8, 4) is 0 Å². The molecule has 0 aliphatic rings. The van der Waals surface area contributed by atoms with E-state index in [0.29, 0.717) is 5.56 Å². The lowest BCUT2D eigenvalue weighted by Gasteiger charge is -2.29. The summed E-state index contributed by atoms with van der Waals surface area (Å²) >= 11 is 0. The van der Waals surface area contributed by atoms with Crippen molar-refractivity contribution in [2.75, 3.05) is 7.11 Å².